The summed E-state index contributed by atoms with van der Waals surface area (Å²) in [4.78, 5) is 31.8. The van der Waals surface area contributed by atoms with Gasteiger partial charge < -0.3 is 19.3 Å². The quantitative estimate of drug-likeness (QED) is 0.443. The zero-order chi connectivity index (χ0) is 24.2. The molecule has 182 valence electrons. The minimum Gasteiger partial charge on any atom is -0.493 e. The summed E-state index contributed by atoms with van der Waals surface area (Å²) in [7, 11) is 1.62. The standard InChI is InChI=1S/C28H30N2O4S/c1-33-24-9-5-6-10-25(24)34-19-23-22-14-16-35-26(22)13-15-29(23)28(32)18-30(21-11-12-21)27(31)17-20-7-3-2-4-8-20/h2-10,14,16,21,23H,11-13,15,17-19H2,1H3/t23-/m0/s1. The molecule has 35 heavy (non-hydrogen) atoms. The Morgan fingerprint density at radius 3 is 2.51 bits per heavy atom. The number of carbonyl (C=O) groups excluding carboxylic acids is 2. The van der Waals surface area contributed by atoms with Gasteiger partial charge in [0.1, 0.15) is 13.2 Å². The van der Waals surface area contributed by atoms with Crippen LogP contribution in [0, 0.1) is 0 Å². The maximum Gasteiger partial charge on any atom is 0.242 e. The van der Waals surface area contributed by atoms with Crippen LogP contribution in [0.25, 0.3) is 0 Å². The van der Waals surface area contributed by atoms with E-state index >= 15 is 0 Å². The molecule has 1 atom stereocenters. The first-order valence-corrected chi connectivity index (χ1v) is 13.0. The van der Waals surface area contributed by atoms with Crippen LogP contribution < -0.4 is 9.47 Å². The number of benzene rings is 2. The molecule has 0 N–H and O–H groups in total. The molecule has 1 aliphatic carbocycles. The fourth-order valence-electron chi connectivity index (χ4n) is 4.70. The van der Waals surface area contributed by atoms with Crippen molar-refractivity contribution in [2.75, 3.05) is 26.8 Å². The predicted octanol–water partition coefficient (Wildman–Crippen LogP) is 4.50. The number of methoxy groups -OCH3 is 1. The normalized spacial score (nSPS) is 16.9. The van der Waals surface area contributed by atoms with Gasteiger partial charge in [-0.2, -0.15) is 0 Å². The molecule has 1 saturated carbocycles. The van der Waals surface area contributed by atoms with Crippen LogP contribution in [0.3, 0.4) is 0 Å². The summed E-state index contributed by atoms with van der Waals surface area (Å²) in [5.74, 6) is 1.31. The largest absolute Gasteiger partial charge is 0.493 e. The fraction of sp³-hybridized carbons (Fsp3) is 0.357. The lowest BCUT2D eigenvalue weighted by Crippen LogP contribution is -2.48. The smallest absolute Gasteiger partial charge is 0.242 e. The molecule has 1 fully saturated rings. The molecule has 0 radical (unpaired) electrons. The summed E-state index contributed by atoms with van der Waals surface area (Å²) >= 11 is 1.72. The molecule has 0 saturated heterocycles. The van der Waals surface area contributed by atoms with Crippen LogP contribution >= 0.6 is 11.3 Å². The first-order chi connectivity index (χ1) is 17.1. The topological polar surface area (TPSA) is 59.1 Å². The Bertz CT molecular complexity index is 1170. The molecule has 7 heteroatoms. The van der Waals surface area contributed by atoms with E-state index in [2.05, 4.69) is 11.4 Å². The third-order valence-electron chi connectivity index (χ3n) is 6.69. The summed E-state index contributed by atoms with van der Waals surface area (Å²) < 4.78 is 11.6. The van der Waals surface area contributed by atoms with E-state index in [4.69, 9.17) is 9.47 Å². The number of thiophene rings is 1. The Morgan fingerprint density at radius 1 is 1.03 bits per heavy atom. The SMILES string of the molecule is COc1ccccc1OC[C@H]1c2ccsc2CCN1C(=O)CN(C(=O)Cc1ccccc1)C1CC1. The number of carbonyl (C=O) groups is 2. The van der Waals surface area contributed by atoms with Gasteiger partial charge in [0.05, 0.1) is 19.6 Å². The van der Waals surface area contributed by atoms with Crippen molar-refractivity contribution >= 4 is 23.2 Å². The molecular weight excluding hydrogens is 460 g/mol. The van der Waals surface area contributed by atoms with Crippen LogP contribution in [0.15, 0.2) is 66.0 Å². The number of fused-ring (bicyclic) bond motifs is 1. The number of rotatable bonds is 9. The minimum absolute atomic E-state index is 0.0158. The lowest BCUT2D eigenvalue weighted by molar-refractivity contribution is -0.143. The molecule has 3 aromatic rings. The first kappa shape index (κ1) is 23.4. The monoisotopic (exact) mass is 490 g/mol. The van der Waals surface area contributed by atoms with Gasteiger partial charge in [-0.1, -0.05) is 42.5 Å². The Hall–Kier alpha value is -3.32. The van der Waals surface area contributed by atoms with Gasteiger partial charge in [-0.25, -0.2) is 0 Å². The van der Waals surface area contributed by atoms with Crippen molar-refractivity contribution in [1.29, 1.82) is 0 Å². The highest BCUT2D eigenvalue weighted by Gasteiger charge is 2.38. The Labute approximate surface area is 210 Å². The molecular formula is C28H30N2O4S. The molecule has 2 amide bonds. The van der Waals surface area contributed by atoms with Crippen LogP contribution in [0.5, 0.6) is 11.5 Å². The number of nitrogens with zero attached hydrogens (tertiary/aromatic N) is 2. The van der Waals surface area contributed by atoms with Gasteiger partial charge in [0.2, 0.25) is 11.8 Å². The first-order valence-electron chi connectivity index (χ1n) is 12.1. The van der Waals surface area contributed by atoms with Gasteiger partial charge in [0.25, 0.3) is 0 Å². The summed E-state index contributed by atoms with van der Waals surface area (Å²) in [5, 5.41) is 2.08. The molecule has 2 heterocycles. The van der Waals surface area contributed by atoms with Crippen molar-refractivity contribution in [3.05, 3.63) is 82.0 Å². The summed E-state index contributed by atoms with van der Waals surface area (Å²) in [6.45, 7) is 1.07. The minimum atomic E-state index is -0.201. The van der Waals surface area contributed by atoms with Crippen molar-refractivity contribution in [1.82, 2.24) is 9.80 Å². The molecule has 0 spiro atoms. The Balaban J connectivity index is 1.31. The predicted molar refractivity (Wildman–Crippen MR) is 136 cm³/mol. The van der Waals surface area contributed by atoms with Gasteiger partial charge in [-0.15, -0.1) is 11.3 Å². The van der Waals surface area contributed by atoms with E-state index in [1.807, 2.05) is 59.5 Å². The number of hydrogen-bond donors (Lipinski definition) is 0. The lowest BCUT2D eigenvalue weighted by Gasteiger charge is -2.37. The number of ether oxygens (including phenoxy) is 2. The second kappa shape index (κ2) is 10.5. The second-order valence-electron chi connectivity index (χ2n) is 9.03. The maximum absolute atomic E-state index is 13.6. The summed E-state index contributed by atoms with van der Waals surface area (Å²) in [5.41, 5.74) is 2.11. The van der Waals surface area contributed by atoms with Crippen LogP contribution in [0.4, 0.5) is 0 Å². The highest BCUT2D eigenvalue weighted by Crippen LogP contribution is 2.36. The van der Waals surface area contributed by atoms with E-state index in [1.165, 1.54) is 4.88 Å². The molecule has 2 aliphatic rings. The van der Waals surface area contributed by atoms with E-state index in [0.29, 0.717) is 31.1 Å². The van der Waals surface area contributed by atoms with Crippen molar-refractivity contribution in [2.24, 2.45) is 0 Å². The van der Waals surface area contributed by atoms with Crippen molar-refractivity contribution < 1.29 is 19.1 Å². The van der Waals surface area contributed by atoms with E-state index < -0.39 is 0 Å². The van der Waals surface area contributed by atoms with Crippen LogP contribution in [0.1, 0.15) is 34.9 Å². The molecule has 6 nitrogen and oxygen atoms in total. The van der Waals surface area contributed by atoms with E-state index in [9.17, 15) is 9.59 Å². The van der Waals surface area contributed by atoms with Crippen LogP contribution in [-0.2, 0) is 22.4 Å². The van der Waals surface area contributed by atoms with Gasteiger partial charge in [0.15, 0.2) is 11.5 Å². The fourth-order valence-corrected chi connectivity index (χ4v) is 5.63. The number of amides is 2. The van der Waals surface area contributed by atoms with Gasteiger partial charge in [-0.05, 0) is 54.0 Å². The third kappa shape index (κ3) is 5.35. The maximum atomic E-state index is 13.6. The number of hydrogen-bond acceptors (Lipinski definition) is 5. The van der Waals surface area contributed by atoms with Gasteiger partial charge in [0, 0.05) is 17.5 Å². The number of para-hydroxylation sites is 2. The highest BCUT2D eigenvalue weighted by atomic mass is 32.1. The van der Waals surface area contributed by atoms with Crippen molar-refractivity contribution in [3.8, 4) is 11.5 Å². The van der Waals surface area contributed by atoms with Crippen molar-refractivity contribution in [3.63, 3.8) is 0 Å². The van der Waals surface area contributed by atoms with Crippen LogP contribution in [0.2, 0.25) is 0 Å². The molecule has 0 unspecified atom stereocenters. The second-order valence-corrected chi connectivity index (χ2v) is 10.0. The summed E-state index contributed by atoms with van der Waals surface area (Å²) in [6.07, 6.45) is 3.07. The molecule has 0 bridgehead atoms. The average molecular weight is 491 g/mol. The Kier molecular flexibility index (Phi) is 7.04. The Morgan fingerprint density at radius 2 is 1.77 bits per heavy atom. The zero-order valence-corrected chi connectivity index (χ0v) is 20.7. The molecule has 2 aromatic carbocycles. The molecule has 1 aliphatic heterocycles. The van der Waals surface area contributed by atoms with Gasteiger partial charge >= 0.3 is 0 Å². The van der Waals surface area contributed by atoms with E-state index in [1.54, 1.807) is 23.3 Å². The van der Waals surface area contributed by atoms with Crippen molar-refractivity contribution in [2.45, 2.75) is 37.8 Å². The third-order valence-corrected chi connectivity index (χ3v) is 7.69. The van der Waals surface area contributed by atoms with E-state index in [0.717, 1.165) is 30.4 Å². The van der Waals surface area contributed by atoms with E-state index in [-0.39, 0.29) is 30.4 Å². The zero-order valence-electron chi connectivity index (χ0n) is 19.9. The van der Waals surface area contributed by atoms with Crippen LogP contribution in [-0.4, -0.2) is 54.5 Å². The lowest BCUT2D eigenvalue weighted by atomic mass is 10.0. The molecule has 1 aromatic heterocycles. The average Bonchev–Trinajstić information content (AvgIpc) is 3.61. The molecule has 5 rings (SSSR count). The highest BCUT2D eigenvalue weighted by molar-refractivity contribution is 7.10. The van der Waals surface area contributed by atoms with Gasteiger partial charge in [-0.3, -0.25) is 9.59 Å². The summed E-state index contributed by atoms with van der Waals surface area (Å²) in [6, 6.07) is 19.3.